The van der Waals surface area contributed by atoms with Crippen LogP contribution in [0, 0.1) is 17.0 Å². The van der Waals surface area contributed by atoms with Crippen LogP contribution in [-0.2, 0) is 14.8 Å². The number of sulfonamides is 1. The molecular weight excluding hydrogens is 304 g/mol. The molecule has 0 radical (unpaired) electrons. The average Bonchev–Trinajstić information content (AvgIpc) is 2.32. The van der Waals surface area contributed by atoms with Crippen LogP contribution in [0.3, 0.4) is 0 Å². The van der Waals surface area contributed by atoms with Crippen LogP contribution in [0.15, 0.2) is 17.0 Å². The maximum Gasteiger partial charge on any atom is 0.312 e. The summed E-state index contributed by atoms with van der Waals surface area (Å²) in [6.45, 7) is 1.38. The first kappa shape index (κ1) is 16.9. The number of nitro benzene ring substituents is 1. The standard InChI is InChI=1S/C11H14N2O7S/c1-7-5-9(20-4-2-3-11(14)15)8(13(16)17)6-10(7)21(12,18)19/h5-6H,2-4H2,1H3,(H,14,15)(H2,12,18,19). The number of hydrogen-bond donors (Lipinski definition) is 2. The maximum atomic E-state index is 11.3. The predicted octanol–water partition coefficient (Wildman–Crippen LogP) is 0.794. The summed E-state index contributed by atoms with van der Waals surface area (Å²) in [5.41, 5.74) is -0.337. The smallest absolute Gasteiger partial charge is 0.312 e. The minimum absolute atomic E-state index is 0.0404. The van der Waals surface area contributed by atoms with E-state index in [1.807, 2.05) is 0 Å². The van der Waals surface area contributed by atoms with Crippen LogP contribution in [0.25, 0.3) is 0 Å². The van der Waals surface area contributed by atoms with Gasteiger partial charge >= 0.3 is 11.7 Å². The van der Waals surface area contributed by atoms with Crippen molar-refractivity contribution in [3.63, 3.8) is 0 Å². The molecular formula is C11H14N2O7S. The van der Waals surface area contributed by atoms with Crippen LogP contribution >= 0.6 is 0 Å². The minimum Gasteiger partial charge on any atom is -0.487 e. The molecule has 0 aliphatic rings. The van der Waals surface area contributed by atoms with Crippen molar-refractivity contribution in [2.75, 3.05) is 6.61 Å². The topological polar surface area (TPSA) is 150 Å². The van der Waals surface area contributed by atoms with Gasteiger partial charge in [0.1, 0.15) is 0 Å². The Kier molecular flexibility index (Phi) is 5.22. The Bertz CT molecular complexity index is 669. The van der Waals surface area contributed by atoms with E-state index in [9.17, 15) is 23.3 Å². The van der Waals surface area contributed by atoms with Gasteiger partial charge in [0.2, 0.25) is 10.0 Å². The summed E-state index contributed by atoms with van der Waals surface area (Å²) in [7, 11) is -4.08. The molecule has 0 spiro atoms. The number of nitrogens with two attached hydrogens (primary N) is 1. The number of ether oxygens (including phenoxy) is 1. The number of aryl methyl sites for hydroxylation is 1. The molecule has 0 saturated carbocycles. The van der Waals surface area contributed by atoms with Crippen LogP contribution in [0.1, 0.15) is 18.4 Å². The molecule has 9 nitrogen and oxygen atoms in total. The molecule has 1 aromatic carbocycles. The quantitative estimate of drug-likeness (QED) is 0.428. The third-order valence-corrected chi connectivity index (χ3v) is 3.61. The Morgan fingerprint density at radius 3 is 2.57 bits per heavy atom. The number of carboxylic acid groups (broad SMARTS) is 1. The number of nitrogens with zero attached hydrogens (tertiary/aromatic N) is 1. The van der Waals surface area contributed by atoms with Gasteiger partial charge in [-0.1, -0.05) is 0 Å². The molecule has 0 aliphatic carbocycles. The van der Waals surface area contributed by atoms with E-state index in [1.54, 1.807) is 0 Å². The lowest BCUT2D eigenvalue weighted by Gasteiger charge is -2.09. The zero-order valence-corrected chi connectivity index (χ0v) is 11.9. The second-order valence-corrected chi connectivity index (χ2v) is 5.76. The van der Waals surface area contributed by atoms with Gasteiger partial charge in [-0.3, -0.25) is 14.9 Å². The van der Waals surface area contributed by atoms with Gasteiger partial charge in [0.05, 0.1) is 16.4 Å². The lowest BCUT2D eigenvalue weighted by atomic mass is 10.2. The molecule has 1 aromatic rings. The van der Waals surface area contributed by atoms with E-state index in [0.717, 1.165) is 6.07 Å². The molecule has 0 aromatic heterocycles. The third-order valence-electron chi connectivity index (χ3n) is 2.55. The first-order valence-corrected chi connectivity index (χ1v) is 7.34. The normalized spacial score (nSPS) is 11.1. The van der Waals surface area contributed by atoms with Crippen molar-refractivity contribution in [2.45, 2.75) is 24.7 Å². The van der Waals surface area contributed by atoms with Crippen molar-refractivity contribution in [3.05, 3.63) is 27.8 Å². The summed E-state index contributed by atoms with van der Waals surface area (Å²) in [5, 5.41) is 24.4. The number of nitro groups is 1. The van der Waals surface area contributed by atoms with Crippen LogP contribution in [-0.4, -0.2) is 31.0 Å². The van der Waals surface area contributed by atoms with Crippen molar-refractivity contribution in [1.29, 1.82) is 0 Å². The highest BCUT2D eigenvalue weighted by Gasteiger charge is 2.22. The Hall–Kier alpha value is -2.20. The van der Waals surface area contributed by atoms with E-state index in [2.05, 4.69) is 0 Å². The van der Waals surface area contributed by atoms with Crippen molar-refractivity contribution >= 4 is 21.7 Å². The largest absolute Gasteiger partial charge is 0.487 e. The van der Waals surface area contributed by atoms with Crippen molar-refractivity contribution < 1.29 is 28.0 Å². The van der Waals surface area contributed by atoms with Crippen molar-refractivity contribution in [2.24, 2.45) is 5.14 Å². The highest BCUT2D eigenvalue weighted by Crippen LogP contribution is 2.32. The molecule has 0 saturated heterocycles. The number of benzene rings is 1. The van der Waals surface area contributed by atoms with Gasteiger partial charge in [-0.25, -0.2) is 13.6 Å². The van der Waals surface area contributed by atoms with E-state index < -0.39 is 26.6 Å². The van der Waals surface area contributed by atoms with E-state index in [-0.39, 0.29) is 35.7 Å². The zero-order chi connectivity index (χ0) is 16.2. The lowest BCUT2D eigenvalue weighted by Crippen LogP contribution is -2.14. The summed E-state index contributed by atoms with van der Waals surface area (Å²) in [4.78, 5) is 20.2. The lowest BCUT2D eigenvalue weighted by molar-refractivity contribution is -0.386. The highest BCUT2D eigenvalue weighted by molar-refractivity contribution is 7.89. The van der Waals surface area contributed by atoms with Gasteiger partial charge < -0.3 is 9.84 Å². The molecule has 21 heavy (non-hydrogen) atoms. The van der Waals surface area contributed by atoms with Crippen LogP contribution in [0.4, 0.5) is 5.69 Å². The fourth-order valence-corrected chi connectivity index (χ4v) is 2.40. The van der Waals surface area contributed by atoms with Crippen LogP contribution < -0.4 is 9.88 Å². The summed E-state index contributed by atoms with van der Waals surface area (Å²) in [5.74, 6) is -1.14. The molecule has 0 atom stereocenters. The molecule has 3 N–H and O–H groups in total. The van der Waals surface area contributed by atoms with E-state index in [4.69, 9.17) is 15.0 Å². The first-order valence-electron chi connectivity index (χ1n) is 5.79. The highest BCUT2D eigenvalue weighted by atomic mass is 32.2. The summed E-state index contributed by atoms with van der Waals surface area (Å²) in [6, 6.07) is 2.02. The minimum atomic E-state index is -4.08. The molecule has 0 unspecified atom stereocenters. The zero-order valence-electron chi connectivity index (χ0n) is 11.1. The average molecular weight is 318 g/mol. The van der Waals surface area contributed by atoms with Crippen molar-refractivity contribution in [1.82, 2.24) is 0 Å². The Morgan fingerprint density at radius 1 is 1.48 bits per heavy atom. The molecule has 116 valence electrons. The molecule has 1 rings (SSSR count). The monoisotopic (exact) mass is 318 g/mol. The number of hydrogen-bond acceptors (Lipinski definition) is 6. The van der Waals surface area contributed by atoms with Gasteiger partial charge in [0, 0.05) is 12.5 Å². The molecule has 0 amide bonds. The SMILES string of the molecule is Cc1cc(OCCCC(=O)O)c([N+](=O)[O-])cc1S(N)(=O)=O. The summed E-state index contributed by atoms with van der Waals surface area (Å²) in [6.07, 6.45) is 0.0323. The number of carboxylic acids is 1. The number of rotatable bonds is 7. The number of primary sulfonamides is 1. The van der Waals surface area contributed by atoms with Crippen LogP contribution in [0.5, 0.6) is 5.75 Å². The predicted molar refractivity (Wildman–Crippen MR) is 71.6 cm³/mol. The maximum absolute atomic E-state index is 11.3. The molecule has 0 bridgehead atoms. The van der Waals surface area contributed by atoms with Crippen LogP contribution in [0.2, 0.25) is 0 Å². The molecule has 0 fully saturated rings. The second-order valence-electron chi connectivity index (χ2n) is 4.23. The van der Waals surface area contributed by atoms with Crippen molar-refractivity contribution in [3.8, 4) is 5.75 Å². The Morgan fingerprint density at radius 2 is 2.10 bits per heavy atom. The number of aliphatic carboxylic acids is 1. The Balaban J connectivity index is 3.07. The summed E-state index contributed by atoms with van der Waals surface area (Å²) < 4.78 is 27.8. The molecule has 10 heteroatoms. The van der Waals surface area contributed by atoms with E-state index >= 15 is 0 Å². The van der Waals surface area contributed by atoms with Gasteiger partial charge in [-0.2, -0.15) is 0 Å². The fraction of sp³-hybridized carbons (Fsp3) is 0.364. The summed E-state index contributed by atoms with van der Waals surface area (Å²) >= 11 is 0. The van der Waals surface area contributed by atoms with Gasteiger partial charge in [0.15, 0.2) is 5.75 Å². The van der Waals surface area contributed by atoms with Gasteiger partial charge in [-0.05, 0) is 25.0 Å². The third kappa shape index (κ3) is 4.68. The molecule has 0 heterocycles. The van der Waals surface area contributed by atoms with Gasteiger partial charge in [0.25, 0.3) is 0 Å². The Labute approximate surface area is 120 Å². The van der Waals surface area contributed by atoms with E-state index in [0.29, 0.717) is 0 Å². The van der Waals surface area contributed by atoms with Gasteiger partial charge in [-0.15, -0.1) is 0 Å². The van der Waals surface area contributed by atoms with E-state index in [1.165, 1.54) is 13.0 Å². The first-order chi connectivity index (χ1) is 9.62. The second kappa shape index (κ2) is 6.50. The fourth-order valence-electron chi connectivity index (χ4n) is 1.62. The molecule has 0 aliphatic heterocycles. The number of carbonyl (C=O) groups is 1.